The number of piperidine rings is 1. The molecular weight excluding hydrogens is 273 g/mol. The van der Waals surface area contributed by atoms with E-state index in [1.807, 2.05) is 0 Å². The van der Waals surface area contributed by atoms with Crippen LogP contribution in [0.25, 0.3) is 0 Å². The zero-order valence-electron chi connectivity index (χ0n) is 9.01. The molecule has 0 atom stereocenters. The molecule has 0 radical (unpaired) electrons. The maximum absolute atomic E-state index is 13.1. The number of benzene rings is 1. The van der Waals surface area contributed by atoms with Crippen molar-refractivity contribution >= 4 is 15.9 Å². The second kappa shape index (κ2) is 5.64. The van der Waals surface area contributed by atoms with Gasteiger partial charge < -0.3 is 10.1 Å². The Hall–Kier alpha value is -0.610. The first-order valence-electron chi connectivity index (χ1n) is 5.53. The lowest BCUT2D eigenvalue weighted by atomic mass is 9.99. The third-order valence-electron chi connectivity index (χ3n) is 2.78. The molecule has 0 unspecified atom stereocenters. The minimum Gasteiger partial charge on any atom is -0.493 e. The van der Waals surface area contributed by atoms with Crippen molar-refractivity contribution in [2.24, 2.45) is 5.92 Å². The number of nitrogens with one attached hydrogen (secondary N) is 1. The fraction of sp³-hybridized carbons (Fsp3) is 0.500. The molecule has 88 valence electrons. The van der Waals surface area contributed by atoms with Crippen molar-refractivity contribution in [2.45, 2.75) is 12.8 Å². The molecule has 0 spiro atoms. The van der Waals surface area contributed by atoms with E-state index < -0.39 is 0 Å². The summed E-state index contributed by atoms with van der Waals surface area (Å²) in [6.07, 6.45) is 2.27. The largest absolute Gasteiger partial charge is 0.493 e. The quantitative estimate of drug-likeness (QED) is 0.923. The number of halogens is 2. The average Bonchev–Trinajstić information content (AvgIpc) is 2.27. The molecule has 2 nitrogen and oxygen atoms in total. The molecule has 1 N–H and O–H groups in total. The van der Waals surface area contributed by atoms with Crippen LogP contribution in [0, 0.1) is 11.7 Å². The van der Waals surface area contributed by atoms with E-state index in [0.717, 1.165) is 25.9 Å². The maximum atomic E-state index is 13.1. The van der Waals surface area contributed by atoms with Crippen molar-refractivity contribution in [3.63, 3.8) is 0 Å². The smallest absolute Gasteiger partial charge is 0.128 e. The summed E-state index contributed by atoms with van der Waals surface area (Å²) >= 11 is 3.25. The van der Waals surface area contributed by atoms with Gasteiger partial charge in [0, 0.05) is 10.5 Å². The molecule has 4 heteroatoms. The summed E-state index contributed by atoms with van der Waals surface area (Å²) in [6, 6.07) is 4.65. The highest BCUT2D eigenvalue weighted by Gasteiger charge is 2.13. The fourth-order valence-corrected chi connectivity index (χ4v) is 2.32. The lowest BCUT2D eigenvalue weighted by molar-refractivity contribution is 0.214. The van der Waals surface area contributed by atoms with E-state index in [9.17, 15) is 4.39 Å². The molecule has 0 aromatic heterocycles. The first-order chi connectivity index (χ1) is 7.74. The van der Waals surface area contributed by atoms with Crippen LogP contribution in [-0.2, 0) is 0 Å². The highest BCUT2D eigenvalue weighted by atomic mass is 79.9. The molecule has 0 aliphatic carbocycles. The fourth-order valence-electron chi connectivity index (χ4n) is 1.87. The summed E-state index contributed by atoms with van der Waals surface area (Å²) in [6.45, 7) is 2.79. The van der Waals surface area contributed by atoms with Crippen LogP contribution in [0.3, 0.4) is 0 Å². The summed E-state index contributed by atoms with van der Waals surface area (Å²) in [5.41, 5.74) is 0. The van der Waals surface area contributed by atoms with Crippen LogP contribution in [0.4, 0.5) is 4.39 Å². The molecule has 16 heavy (non-hydrogen) atoms. The summed E-state index contributed by atoms with van der Waals surface area (Å²) in [4.78, 5) is 0. The van der Waals surface area contributed by atoms with Gasteiger partial charge in [-0.1, -0.05) is 15.9 Å². The van der Waals surface area contributed by atoms with Crippen LogP contribution < -0.4 is 10.1 Å². The standard InChI is InChI=1S/C12H15BrFNO/c13-10-5-11(14)7-12(6-10)16-8-9-1-3-15-4-2-9/h5-7,9,15H,1-4,8H2. The van der Waals surface area contributed by atoms with Crippen LogP contribution in [0.1, 0.15) is 12.8 Å². The maximum Gasteiger partial charge on any atom is 0.128 e. The molecule has 0 bridgehead atoms. The normalized spacial score (nSPS) is 17.4. The molecule has 1 saturated heterocycles. The topological polar surface area (TPSA) is 21.3 Å². The minimum absolute atomic E-state index is 0.269. The molecule has 1 heterocycles. The lowest BCUT2D eigenvalue weighted by Gasteiger charge is -2.22. The van der Waals surface area contributed by atoms with Crippen molar-refractivity contribution in [2.75, 3.05) is 19.7 Å². The minimum atomic E-state index is -0.269. The Kier molecular flexibility index (Phi) is 4.18. The van der Waals surface area contributed by atoms with Gasteiger partial charge in [-0.05, 0) is 44.0 Å². The Balaban J connectivity index is 1.88. The summed E-state index contributed by atoms with van der Waals surface area (Å²) < 4.78 is 19.4. The first kappa shape index (κ1) is 11.9. The van der Waals surface area contributed by atoms with Crippen molar-refractivity contribution in [1.82, 2.24) is 5.32 Å². The molecule has 1 aliphatic rings. The average molecular weight is 288 g/mol. The first-order valence-corrected chi connectivity index (χ1v) is 6.33. The predicted octanol–water partition coefficient (Wildman–Crippen LogP) is 2.97. The van der Waals surface area contributed by atoms with Gasteiger partial charge in [0.2, 0.25) is 0 Å². The SMILES string of the molecule is Fc1cc(Br)cc(OCC2CCNCC2)c1. The van der Waals surface area contributed by atoms with E-state index in [4.69, 9.17) is 4.74 Å². The highest BCUT2D eigenvalue weighted by molar-refractivity contribution is 9.10. The van der Waals surface area contributed by atoms with E-state index in [1.165, 1.54) is 12.1 Å². The van der Waals surface area contributed by atoms with Crippen molar-refractivity contribution in [3.8, 4) is 5.75 Å². The molecular formula is C12H15BrFNO. The van der Waals surface area contributed by atoms with Gasteiger partial charge in [0.25, 0.3) is 0 Å². The van der Waals surface area contributed by atoms with Crippen LogP contribution in [-0.4, -0.2) is 19.7 Å². The second-order valence-electron chi connectivity index (χ2n) is 4.11. The highest BCUT2D eigenvalue weighted by Crippen LogP contribution is 2.22. The molecule has 1 aromatic rings. The number of ether oxygens (including phenoxy) is 1. The Morgan fingerprint density at radius 2 is 2.06 bits per heavy atom. The molecule has 0 saturated carbocycles. The van der Waals surface area contributed by atoms with Crippen LogP contribution in [0.15, 0.2) is 22.7 Å². The monoisotopic (exact) mass is 287 g/mol. The Labute approximate surface area is 103 Å². The summed E-state index contributed by atoms with van der Waals surface area (Å²) in [7, 11) is 0. The van der Waals surface area contributed by atoms with E-state index in [1.54, 1.807) is 6.07 Å². The van der Waals surface area contributed by atoms with Gasteiger partial charge in [0.15, 0.2) is 0 Å². The molecule has 1 aliphatic heterocycles. The van der Waals surface area contributed by atoms with Gasteiger partial charge in [0.05, 0.1) is 6.61 Å². The Morgan fingerprint density at radius 1 is 1.31 bits per heavy atom. The van der Waals surface area contributed by atoms with Crippen molar-refractivity contribution in [3.05, 3.63) is 28.5 Å². The zero-order valence-corrected chi connectivity index (χ0v) is 10.6. The third-order valence-corrected chi connectivity index (χ3v) is 3.24. The van der Waals surface area contributed by atoms with E-state index in [0.29, 0.717) is 22.7 Å². The van der Waals surface area contributed by atoms with E-state index in [-0.39, 0.29) is 5.82 Å². The molecule has 1 fully saturated rings. The summed E-state index contributed by atoms with van der Waals surface area (Å²) in [5, 5.41) is 3.31. The Bertz CT molecular complexity index is 333. The van der Waals surface area contributed by atoms with Gasteiger partial charge in [-0.2, -0.15) is 0 Å². The number of hydrogen-bond donors (Lipinski definition) is 1. The van der Waals surface area contributed by atoms with Gasteiger partial charge >= 0.3 is 0 Å². The lowest BCUT2D eigenvalue weighted by Crippen LogP contribution is -2.30. The predicted molar refractivity (Wildman–Crippen MR) is 65.2 cm³/mol. The van der Waals surface area contributed by atoms with Gasteiger partial charge in [-0.15, -0.1) is 0 Å². The van der Waals surface area contributed by atoms with Gasteiger partial charge in [0.1, 0.15) is 11.6 Å². The van der Waals surface area contributed by atoms with Gasteiger partial charge in [-0.3, -0.25) is 0 Å². The van der Waals surface area contributed by atoms with Gasteiger partial charge in [-0.25, -0.2) is 4.39 Å². The molecule has 2 rings (SSSR count). The Morgan fingerprint density at radius 3 is 2.75 bits per heavy atom. The van der Waals surface area contributed by atoms with Crippen LogP contribution in [0.5, 0.6) is 5.75 Å². The second-order valence-corrected chi connectivity index (χ2v) is 5.03. The molecule has 0 amide bonds. The van der Waals surface area contributed by atoms with Crippen molar-refractivity contribution < 1.29 is 9.13 Å². The van der Waals surface area contributed by atoms with Crippen molar-refractivity contribution in [1.29, 1.82) is 0 Å². The molecule has 1 aromatic carbocycles. The number of hydrogen-bond acceptors (Lipinski definition) is 2. The van der Waals surface area contributed by atoms with Crippen LogP contribution in [0.2, 0.25) is 0 Å². The third kappa shape index (κ3) is 3.46. The van der Waals surface area contributed by atoms with E-state index in [2.05, 4.69) is 21.2 Å². The summed E-state index contributed by atoms with van der Waals surface area (Å²) in [5.74, 6) is 0.920. The van der Waals surface area contributed by atoms with E-state index >= 15 is 0 Å². The zero-order chi connectivity index (χ0) is 11.4. The van der Waals surface area contributed by atoms with Crippen LogP contribution >= 0.6 is 15.9 Å². The number of rotatable bonds is 3.